The van der Waals surface area contributed by atoms with Gasteiger partial charge in [-0.2, -0.15) is 0 Å². The minimum Gasteiger partial charge on any atom is -0.330 e. The van der Waals surface area contributed by atoms with Gasteiger partial charge in [0.25, 0.3) is 0 Å². The van der Waals surface area contributed by atoms with Crippen molar-refractivity contribution in [2.75, 3.05) is 6.54 Å². The standard InChI is InChI=1S/C10H10FNO2S/c11-9-3-1-2-7-6-8(4-5-12)15(13,14)10(7)9/h1-3,6H,4-5,12H2. The molecule has 0 saturated heterocycles. The van der Waals surface area contributed by atoms with Gasteiger partial charge in [-0.1, -0.05) is 12.1 Å². The lowest BCUT2D eigenvalue weighted by molar-refractivity contribution is 0.571. The van der Waals surface area contributed by atoms with Crippen molar-refractivity contribution in [3.8, 4) is 0 Å². The molecule has 0 spiro atoms. The largest absolute Gasteiger partial charge is 0.330 e. The van der Waals surface area contributed by atoms with Crippen LogP contribution in [0.2, 0.25) is 0 Å². The van der Waals surface area contributed by atoms with Crippen molar-refractivity contribution in [3.05, 3.63) is 34.5 Å². The van der Waals surface area contributed by atoms with Crippen LogP contribution in [-0.4, -0.2) is 15.0 Å². The van der Waals surface area contributed by atoms with Crippen LogP contribution < -0.4 is 5.73 Å². The first-order valence-corrected chi connectivity index (χ1v) is 6.00. The minimum absolute atomic E-state index is 0.199. The van der Waals surface area contributed by atoms with E-state index in [4.69, 9.17) is 5.73 Å². The summed E-state index contributed by atoms with van der Waals surface area (Å²) in [5, 5.41) is 0. The predicted octanol–water partition coefficient (Wildman–Crippen LogP) is 1.30. The van der Waals surface area contributed by atoms with Crippen LogP contribution in [0.4, 0.5) is 4.39 Å². The highest BCUT2D eigenvalue weighted by Gasteiger charge is 2.31. The molecule has 5 heteroatoms. The average molecular weight is 227 g/mol. The Morgan fingerprint density at radius 1 is 1.33 bits per heavy atom. The van der Waals surface area contributed by atoms with E-state index in [1.165, 1.54) is 12.1 Å². The third-order valence-corrected chi connectivity index (χ3v) is 4.30. The summed E-state index contributed by atoms with van der Waals surface area (Å²) in [6.45, 7) is 0.237. The number of halogens is 1. The molecule has 2 rings (SSSR count). The van der Waals surface area contributed by atoms with Gasteiger partial charge in [-0.25, -0.2) is 12.8 Å². The van der Waals surface area contributed by atoms with Crippen molar-refractivity contribution in [2.45, 2.75) is 11.3 Å². The quantitative estimate of drug-likeness (QED) is 0.828. The minimum atomic E-state index is -3.63. The molecule has 1 aliphatic rings. The van der Waals surface area contributed by atoms with E-state index in [9.17, 15) is 12.8 Å². The van der Waals surface area contributed by atoms with Gasteiger partial charge in [0.2, 0.25) is 9.84 Å². The maximum absolute atomic E-state index is 13.4. The monoisotopic (exact) mass is 227 g/mol. The SMILES string of the molecule is NCCC1=Cc2cccc(F)c2S1(=O)=O. The number of hydrogen-bond acceptors (Lipinski definition) is 3. The molecule has 1 aliphatic heterocycles. The maximum Gasteiger partial charge on any atom is 0.206 e. The Morgan fingerprint density at radius 2 is 2.07 bits per heavy atom. The third kappa shape index (κ3) is 1.48. The van der Waals surface area contributed by atoms with E-state index >= 15 is 0 Å². The number of sulfone groups is 1. The van der Waals surface area contributed by atoms with E-state index < -0.39 is 15.7 Å². The number of benzene rings is 1. The molecule has 15 heavy (non-hydrogen) atoms. The van der Waals surface area contributed by atoms with Gasteiger partial charge in [0, 0.05) is 0 Å². The van der Waals surface area contributed by atoms with Crippen molar-refractivity contribution in [1.82, 2.24) is 0 Å². The summed E-state index contributed by atoms with van der Waals surface area (Å²) in [6.07, 6.45) is 1.73. The number of nitrogens with two attached hydrogens (primary N) is 1. The van der Waals surface area contributed by atoms with Gasteiger partial charge in [-0.3, -0.25) is 0 Å². The fourth-order valence-electron chi connectivity index (χ4n) is 1.65. The molecule has 0 amide bonds. The average Bonchev–Trinajstić information content (AvgIpc) is 2.40. The van der Waals surface area contributed by atoms with Gasteiger partial charge in [0.1, 0.15) is 10.7 Å². The second-order valence-corrected chi connectivity index (χ2v) is 5.25. The zero-order chi connectivity index (χ0) is 11.1. The zero-order valence-electron chi connectivity index (χ0n) is 7.90. The first kappa shape index (κ1) is 10.3. The highest BCUT2D eigenvalue weighted by atomic mass is 32.2. The van der Waals surface area contributed by atoms with Crippen LogP contribution in [-0.2, 0) is 9.84 Å². The molecular formula is C10H10FNO2S. The molecule has 0 unspecified atom stereocenters. The van der Waals surface area contributed by atoms with Gasteiger partial charge in [-0.05, 0) is 30.7 Å². The Hall–Kier alpha value is -1.20. The lowest BCUT2D eigenvalue weighted by Crippen LogP contribution is -2.07. The van der Waals surface area contributed by atoms with Gasteiger partial charge in [0.15, 0.2) is 0 Å². The molecule has 0 aromatic heterocycles. The molecule has 1 heterocycles. The molecule has 3 nitrogen and oxygen atoms in total. The smallest absolute Gasteiger partial charge is 0.206 e. The van der Waals surface area contributed by atoms with Crippen molar-refractivity contribution in [3.63, 3.8) is 0 Å². The first-order valence-electron chi connectivity index (χ1n) is 4.51. The summed E-state index contributed by atoms with van der Waals surface area (Å²) >= 11 is 0. The van der Waals surface area contributed by atoms with Crippen LogP contribution in [0.3, 0.4) is 0 Å². The molecule has 1 aromatic carbocycles. The third-order valence-electron chi connectivity index (χ3n) is 2.32. The molecule has 0 atom stereocenters. The van der Waals surface area contributed by atoms with Crippen molar-refractivity contribution in [2.24, 2.45) is 5.73 Å². The van der Waals surface area contributed by atoms with E-state index in [1.54, 1.807) is 6.07 Å². The highest BCUT2D eigenvalue weighted by Crippen LogP contribution is 2.35. The number of hydrogen-bond donors (Lipinski definition) is 1. The molecule has 80 valence electrons. The molecule has 0 aliphatic carbocycles. The lowest BCUT2D eigenvalue weighted by Gasteiger charge is -2.02. The summed E-state index contributed by atoms with van der Waals surface area (Å²) < 4.78 is 37.0. The molecule has 0 fully saturated rings. The van der Waals surface area contributed by atoms with Crippen LogP contribution in [0.15, 0.2) is 28.0 Å². The van der Waals surface area contributed by atoms with E-state index in [-0.39, 0.29) is 22.8 Å². The van der Waals surface area contributed by atoms with Crippen molar-refractivity contribution in [1.29, 1.82) is 0 Å². The predicted molar refractivity (Wildman–Crippen MR) is 55.2 cm³/mol. The van der Waals surface area contributed by atoms with Gasteiger partial charge in [0.05, 0.1) is 4.91 Å². The van der Waals surface area contributed by atoms with Crippen LogP contribution in [0.1, 0.15) is 12.0 Å². The molecule has 0 bridgehead atoms. The Bertz CT molecular complexity index is 534. The van der Waals surface area contributed by atoms with Gasteiger partial charge >= 0.3 is 0 Å². The van der Waals surface area contributed by atoms with Crippen molar-refractivity contribution < 1.29 is 12.8 Å². The summed E-state index contributed by atoms with van der Waals surface area (Å²) in [7, 11) is -3.63. The number of fused-ring (bicyclic) bond motifs is 1. The fourth-order valence-corrected chi connectivity index (χ4v) is 3.35. The molecule has 0 saturated carbocycles. The highest BCUT2D eigenvalue weighted by molar-refractivity contribution is 7.95. The molecular weight excluding hydrogens is 217 g/mol. The van der Waals surface area contributed by atoms with Gasteiger partial charge in [-0.15, -0.1) is 0 Å². The number of rotatable bonds is 2. The Morgan fingerprint density at radius 3 is 2.67 bits per heavy atom. The Balaban J connectivity index is 2.64. The van der Waals surface area contributed by atoms with Crippen LogP contribution >= 0.6 is 0 Å². The summed E-state index contributed by atoms with van der Waals surface area (Å²) in [6, 6.07) is 4.22. The summed E-state index contributed by atoms with van der Waals surface area (Å²) in [5.41, 5.74) is 5.72. The van der Waals surface area contributed by atoms with Crippen LogP contribution in [0.5, 0.6) is 0 Å². The van der Waals surface area contributed by atoms with E-state index in [1.807, 2.05) is 0 Å². The van der Waals surface area contributed by atoms with Crippen LogP contribution in [0, 0.1) is 5.82 Å². The second kappa shape index (κ2) is 3.43. The summed E-state index contributed by atoms with van der Waals surface area (Å²) in [4.78, 5) is -0.0152. The molecule has 1 aromatic rings. The van der Waals surface area contributed by atoms with Crippen LogP contribution in [0.25, 0.3) is 6.08 Å². The second-order valence-electron chi connectivity index (χ2n) is 3.31. The fraction of sp³-hybridized carbons (Fsp3) is 0.200. The lowest BCUT2D eigenvalue weighted by atomic mass is 10.2. The normalized spacial score (nSPS) is 17.3. The maximum atomic E-state index is 13.4. The van der Waals surface area contributed by atoms with E-state index in [0.717, 1.165) is 6.07 Å². The van der Waals surface area contributed by atoms with Gasteiger partial charge < -0.3 is 5.73 Å². The Kier molecular flexibility index (Phi) is 2.36. The van der Waals surface area contributed by atoms with E-state index in [2.05, 4.69) is 0 Å². The summed E-state index contributed by atoms with van der Waals surface area (Å²) in [5.74, 6) is -0.698. The first-order chi connectivity index (χ1) is 7.07. The zero-order valence-corrected chi connectivity index (χ0v) is 8.72. The topological polar surface area (TPSA) is 60.2 Å². The molecule has 2 N–H and O–H groups in total. The molecule has 0 radical (unpaired) electrons. The van der Waals surface area contributed by atoms with Crippen molar-refractivity contribution >= 4 is 15.9 Å². The Labute approximate surface area is 87.3 Å². The van der Waals surface area contributed by atoms with E-state index in [0.29, 0.717) is 5.56 Å².